The van der Waals surface area contributed by atoms with Crippen LogP contribution in [0.5, 0.6) is 0 Å². The number of halogens is 1. The average Bonchev–Trinajstić information content (AvgIpc) is 2.36. The van der Waals surface area contributed by atoms with E-state index in [1.807, 2.05) is 48.5 Å². The minimum absolute atomic E-state index is 0.0723. The molecule has 1 nitrogen and oxygen atoms in total. The summed E-state index contributed by atoms with van der Waals surface area (Å²) in [6.45, 7) is 0. The van der Waals surface area contributed by atoms with E-state index < -0.39 is 0 Å². The van der Waals surface area contributed by atoms with E-state index in [9.17, 15) is 4.79 Å². The largest absolute Gasteiger partial charge is 0.289 e. The lowest BCUT2D eigenvalue weighted by Gasteiger charge is -2.22. The first-order chi connectivity index (χ1) is 7.79. The van der Waals surface area contributed by atoms with Crippen molar-refractivity contribution in [2.45, 2.75) is 5.38 Å². The summed E-state index contributed by atoms with van der Waals surface area (Å²) in [5, 5.41) is -0.218. The van der Waals surface area contributed by atoms with Crippen molar-refractivity contribution in [2.75, 3.05) is 0 Å². The number of hydrogen-bond donors (Lipinski definition) is 0. The average molecular weight is 229 g/mol. The highest BCUT2D eigenvalue weighted by Gasteiger charge is 2.28. The van der Waals surface area contributed by atoms with Crippen LogP contribution < -0.4 is 0 Å². The molecule has 2 heteroatoms. The monoisotopic (exact) mass is 228 g/mol. The fourth-order valence-electron chi connectivity index (χ4n) is 2.16. The number of carbonyl (C=O) groups excluding carboxylic acids is 1. The Morgan fingerprint density at radius 3 is 1.75 bits per heavy atom. The van der Waals surface area contributed by atoms with Gasteiger partial charge in [0.25, 0.3) is 0 Å². The van der Waals surface area contributed by atoms with Gasteiger partial charge in [-0.05, 0) is 11.1 Å². The Labute approximate surface area is 98.7 Å². The van der Waals surface area contributed by atoms with Crippen LogP contribution in [-0.4, -0.2) is 5.78 Å². The van der Waals surface area contributed by atoms with Gasteiger partial charge in [0.05, 0.1) is 5.38 Å². The smallest absolute Gasteiger partial charge is 0.193 e. The third-order valence-electron chi connectivity index (χ3n) is 2.96. The van der Waals surface area contributed by atoms with Crippen molar-refractivity contribution in [2.24, 2.45) is 0 Å². The highest BCUT2D eigenvalue weighted by atomic mass is 35.5. The molecule has 0 bridgehead atoms. The fourth-order valence-corrected chi connectivity index (χ4v) is 2.54. The maximum Gasteiger partial charge on any atom is 0.193 e. The second kappa shape index (κ2) is 3.46. The van der Waals surface area contributed by atoms with Gasteiger partial charge in [-0.3, -0.25) is 4.79 Å². The summed E-state index contributed by atoms with van der Waals surface area (Å²) in [4.78, 5) is 12.2. The molecule has 0 aliphatic heterocycles. The number of benzene rings is 2. The number of rotatable bonds is 0. The zero-order valence-corrected chi connectivity index (χ0v) is 9.24. The first-order valence-corrected chi connectivity index (χ1v) is 5.59. The predicted octanol–water partition coefficient (Wildman–Crippen LogP) is 3.56. The lowest BCUT2D eigenvalue weighted by molar-refractivity contribution is 0.103. The highest BCUT2D eigenvalue weighted by Crippen LogP contribution is 2.38. The molecule has 2 aromatic carbocycles. The SMILES string of the molecule is O=C1c2ccccc2C(Cl)c2ccccc21. The van der Waals surface area contributed by atoms with Gasteiger partial charge in [0.2, 0.25) is 0 Å². The molecular weight excluding hydrogens is 220 g/mol. The summed E-state index contributed by atoms with van der Waals surface area (Å²) in [6, 6.07) is 15.1. The summed E-state index contributed by atoms with van der Waals surface area (Å²) < 4.78 is 0. The lowest BCUT2D eigenvalue weighted by atomic mass is 9.85. The van der Waals surface area contributed by atoms with Gasteiger partial charge in [-0.25, -0.2) is 0 Å². The predicted molar refractivity (Wildman–Crippen MR) is 64.0 cm³/mol. The minimum atomic E-state index is -0.218. The summed E-state index contributed by atoms with van der Waals surface area (Å²) >= 11 is 6.39. The van der Waals surface area contributed by atoms with Crippen molar-refractivity contribution >= 4 is 17.4 Å². The molecule has 0 spiro atoms. The molecule has 1 aliphatic carbocycles. The maximum absolute atomic E-state index is 12.2. The molecule has 2 aromatic rings. The molecule has 0 radical (unpaired) electrons. The zero-order valence-electron chi connectivity index (χ0n) is 8.48. The molecule has 0 atom stereocenters. The van der Waals surface area contributed by atoms with E-state index in [0.717, 1.165) is 22.3 Å². The highest BCUT2D eigenvalue weighted by molar-refractivity contribution is 6.26. The molecular formula is C14H9ClO. The molecule has 1 aliphatic rings. The van der Waals surface area contributed by atoms with Crippen molar-refractivity contribution in [3.63, 3.8) is 0 Å². The molecule has 0 saturated heterocycles. The standard InChI is InChI=1S/C14H9ClO/c15-13-9-5-1-3-7-11(9)14(16)12-8-4-2-6-10(12)13/h1-8,13H. The van der Waals surface area contributed by atoms with Crippen molar-refractivity contribution in [1.82, 2.24) is 0 Å². The van der Waals surface area contributed by atoms with Crippen LogP contribution in [0.3, 0.4) is 0 Å². The summed E-state index contributed by atoms with van der Waals surface area (Å²) in [5.41, 5.74) is 3.27. The van der Waals surface area contributed by atoms with E-state index in [-0.39, 0.29) is 11.2 Å². The van der Waals surface area contributed by atoms with Crippen LogP contribution in [0.1, 0.15) is 32.4 Å². The zero-order chi connectivity index (χ0) is 11.1. The van der Waals surface area contributed by atoms with Crippen molar-refractivity contribution in [3.8, 4) is 0 Å². The van der Waals surface area contributed by atoms with Gasteiger partial charge < -0.3 is 0 Å². The number of carbonyl (C=O) groups is 1. The second-order valence-corrected chi connectivity index (χ2v) is 4.30. The minimum Gasteiger partial charge on any atom is -0.289 e. The molecule has 3 rings (SSSR count). The molecule has 0 fully saturated rings. The van der Waals surface area contributed by atoms with E-state index >= 15 is 0 Å². The molecule has 0 N–H and O–H groups in total. The van der Waals surface area contributed by atoms with Crippen LogP contribution in [0.25, 0.3) is 0 Å². The Kier molecular flexibility index (Phi) is 2.08. The Morgan fingerprint density at radius 2 is 1.25 bits per heavy atom. The summed E-state index contributed by atoms with van der Waals surface area (Å²) in [5.74, 6) is 0.0723. The maximum atomic E-state index is 12.2. The van der Waals surface area contributed by atoms with E-state index in [1.165, 1.54) is 0 Å². The molecule has 78 valence electrons. The van der Waals surface area contributed by atoms with Crippen LogP contribution in [0.4, 0.5) is 0 Å². The van der Waals surface area contributed by atoms with E-state index in [0.29, 0.717) is 0 Å². The number of hydrogen-bond acceptors (Lipinski definition) is 1. The molecule has 0 saturated carbocycles. The number of ketones is 1. The van der Waals surface area contributed by atoms with Crippen molar-refractivity contribution in [1.29, 1.82) is 0 Å². The number of fused-ring (bicyclic) bond motifs is 2. The summed E-state index contributed by atoms with van der Waals surface area (Å²) in [6.07, 6.45) is 0. The van der Waals surface area contributed by atoms with Gasteiger partial charge in [0.1, 0.15) is 0 Å². The van der Waals surface area contributed by atoms with Gasteiger partial charge in [0.15, 0.2) is 5.78 Å². The first kappa shape index (κ1) is 9.61. The van der Waals surface area contributed by atoms with Crippen LogP contribution >= 0.6 is 11.6 Å². The topological polar surface area (TPSA) is 17.1 Å². The lowest BCUT2D eigenvalue weighted by Crippen LogP contribution is -2.16. The second-order valence-electron chi connectivity index (χ2n) is 3.87. The van der Waals surface area contributed by atoms with Crippen molar-refractivity contribution in [3.05, 3.63) is 70.8 Å². The van der Waals surface area contributed by atoms with Crippen LogP contribution in [-0.2, 0) is 0 Å². The van der Waals surface area contributed by atoms with Gasteiger partial charge in [0, 0.05) is 11.1 Å². The van der Waals surface area contributed by atoms with Gasteiger partial charge in [-0.2, -0.15) is 0 Å². The third kappa shape index (κ3) is 1.22. The van der Waals surface area contributed by atoms with Crippen LogP contribution in [0.15, 0.2) is 48.5 Å². The van der Waals surface area contributed by atoms with Crippen LogP contribution in [0, 0.1) is 0 Å². The fraction of sp³-hybridized carbons (Fsp3) is 0.0714. The third-order valence-corrected chi connectivity index (χ3v) is 3.43. The van der Waals surface area contributed by atoms with E-state index in [2.05, 4.69) is 0 Å². The van der Waals surface area contributed by atoms with Gasteiger partial charge in [-0.15, -0.1) is 11.6 Å². The Hall–Kier alpha value is -1.60. The molecule has 0 unspecified atom stereocenters. The van der Waals surface area contributed by atoms with Crippen LogP contribution in [0.2, 0.25) is 0 Å². The Morgan fingerprint density at radius 1 is 0.812 bits per heavy atom. The molecule has 0 aromatic heterocycles. The quantitative estimate of drug-likeness (QED) is 0.630. The summed E-state index contributed by atoms with van der Waals surface area (Å²) in [7, 11) is 0. The van der Waals surface area contributed by atoms with E-state index in [4.69, 9.17) is 11.6 Å². The normalized spacial score (nSPS) is 14.4. The van der Waals surface area contributed by atoms with Crippen molar-refractivity contribution < 1.29 is 4.79 Å². The van der Waals surface area contributed by atoms with Gasteiger partial charge in [-0.1, -0.05) is 48.5 Å². The first-order valence-electron chi connectivity index (χ1n) is 5.15. The Balaban J connectivity index is 2.30. The Bertz CT molecular complexity index is 525. The molecule has 0 amide bonds. The number of alkyl halides is 1. The molecule has 0 heterocycles. The molecule has 16 heavy (non-hydrogen) atoms. The van der Waals surface area contributed by atoms with Gasteiger partial charge >= 0.3 is 0 Å². The van der Waals surface area contributed by atoms with E-state index in [1.54, 1.807) is 0 Å².